The zero-order valence-electron chi connectivity index (χ0n) is 10.9. The van der Waals surface area contributed by atoms with E-state index in [-0.39, 0.29) is 6.10 Å². The van der Waals surface area contributed by atoms with Crippen LogP contribution in [0.2, 0.25) is 0 Å². The zero-order chi connectivity index (χ0) is 12.7. The summed E-state index contributed by atoms with van der Waals surface area (Å²) in [6, 6.07) is 1.73. The average molecular weight is 238 g/mol. The first-order chi connectivity index (χ1) is 8.19. The molecule has 1 heterocycles. The molecule has 0 aliphatic heterocycles. The van der Waals surface area contributed by atoms with Crippen molar-refractivity contribution in [3.63, 3.8) is 0 Å². The van der Waals surface area contributed by atoms with Crippen molar-refractivity contribution in [1.29, 1.82) is 0 Å². The molecular formula is C12H22N4O. The van der Waals surface area contributed by atoms with Crippen LogP contribution in [0.5, 0.6) is 5.88 Å². The Kier molecular flexibility index (Phi) is 5.69. The van der Waals surface area contributed by atoms with E-state index in [1.54, 1.807) is 6.07 Å². The number of nitrogens with zero attached hydrogens (tertiary/aromatic N) is 2. The minimum atomic E-state index is 0.162. The van der Waals surface area contributed by atoms with Crippen LogP contribution >= 0.6 is 0 Å². The third-order valence-electron chi connectivity index (χ3n) is 2.39. The van der Waals surface area contributed by atoms with E-state index in [9.17, 15) is 0 Å². The van der Waals surface area contributed by atoms with Crippen LogP contribution in [0, 0.1) is 0 Å². The second-order valence-electron chi connectivity index (χ2n) is 4.12. The molecule has 3 N–H and O–H groups in total. The molecule has 1 atom stereocenters. The summed E-state index contributed by atoms with van der Waals surface area (Å²) in [5.41, 5.74) is 2.54. The van der Waals surface area contributed by atoms with Crippen LogP contribution in [-0.4, -0.2) is 16.1 Å². The van der Waals surface area contributed by atoms with Gasteiger partial charge in [-0.1, -0.05) is 20.3 Å². The number of hydrogen-bond acceptors (Lipinski definition) is 5. The van der Waals surface area contributed by atoms with Crippen LogP contribution in [0.4, 0.5) is 5.82 Å². The van der Waals surface area contributed by atoms with E-state index < -0.39 is 0 Å². The molecule has 0 radical (unpaired) electrons. The predicted molar refractivity (Wildman–Crippen MR) is 68.8 cm³/mol. The van der Waals surface area contributed by atoms with E-state index in [0.717, 1.165) is 31.5 Å². The molecule has 0 bridgehead atoms. The van der Waals surface area contributed by atoms with Gasteiger partial charge in [-0.2, -0.15) is 4.98 Å². The van der Waals surface area contributed by atoms with Crippen molar-refractivity contribution < 1.29 is 4.74 Å². The summed E-state index contributed by atoms with van der Waals surface area (Å²) >= 11 is 0. The Morgan fingerprint density at radius 2 is 2.12 bits per heavy atom. The normalized spacial score (nSPS) is 12.2. The van der Waals surface area contributed by atoms with E-state index >= 15 is 0 Å². The van der Waals surface area contributed by atoms with Crippen molar-refractivity contribution in [1.82, 2.24) is 9.97 Å². The molecule has 1 aromatic rings. The van der Waals surface area contributed by atoms with Gasteiger partial charge in [-0.3, -0.25) is 0 Å². The molecule has 96 valence electrons. The number of rotatable bonds is 7. The Morgan fingerprint density at radius 1 is 1.35 bits per heavy atom. The summed E-state index contributed by atoms with van der Waals surface area (Å²) in [6.45, 7) is 6.27. The highest BCUT2D eigenvalue weighted by Crippen LogP contribution is 2.16. The van der Waals surface area contributed by atoms with Gasteiger partial charge >= 0.3 is 0 Å². The Bertz CT molecular complexity index is 343. The van der Waals surface area contributed by atoms with Crippen LogP contribution < -0.4 is 16.0 Å². The lowest BCUT2D eigenvalue weighted by atomic mass is 10.2. The van der Waals surface area contributed by atoms with Crippen molar-refractivity contribution in [2.75, 3.05) is 5.43 Å². The van der Waals surface area contributed by atoms with E-state index in [0.29, 0.717) is 11.7 Å². The predicted octanol–water partition coefficient (Wildman–Crippen LogP) is 2.28. The summed E-state index contributed by atoms with van der Waals surface area (Å²) in [4.78, 5) is 8.63. The highest BCUT2D eigenvalue weighted by molar-refractivity contribution is 5.37. The van der Waals surface area contributed by atoms with Crippen LogP contribution in [-0.2, 0) is 6.42 Å². The maximum Gasteiger partial charge on any atom is 0.219 e. The molecule has 17 heavy (non-hydrogen) atoms. The molecule has 0 saturated heterocycles. The van der Waals surface area contributed by atoms with Gasteiger partial charge in [0.15, 0.2) is 0 Å². The summed E-state index contributed by atoms with van der Waals surface area (Å²) in [5, 5.41) is 0. The molecular weight excluding hydrogens is 216 g/mol. The van der Waals surface area contributed by atoms with Gasteiger partial charge < -0.3 is 10.2 Å². The number of ether oxygens (including phenoxy) is 1. The average Bonchev–Trinajstić information content (AvgIpc) is 2.29. The number of nitrogens with two attached hydrogens (primary N) is 1. The maximum absolute atomic E-state index is 5.74. The lowest BCUT2D eigenvalue weighted by Crippen LogP contribution is -2.15. The SMILES string of the molecule is CCCc1nc(NN)cc(OC(C)CCC)n1. The summed E-state index contributed by atoms with van der Waals surface area (Å²) in [5.74, 6) is 7.34. The van der Waals surface area contributed by atoms with Gasteiger partial charge in [-0.25, -0.2) is 10.8 Å². The third kappa shape index (κ3) is 4.56. The Labute approximate surface area is 103 Å². The molecule has 1 unspecified atom stereocenters. The van der Waals surface area contributed by atoms with Gasteiger partial charge in [0, 0.05) is 12.5 Å². The van der Waals surface area contributed by atoms with Crippen molar-refractivity contribution in [2.45, 2.75) is 52.6 Å². The smallest absolute Gasteiger partial charge is 0.219 e. The third-order valence-corrected chi connectivity index (χ3v) is 2.39. The topological polar surface area (TPSA) is 73.1 Å². The molecule has 5 nitrogen and oxygen atoms in total. The first-order valence-corrected chi connectivity index (χ1v) is 6.20. The molecule has 0 spiro atoms. The van der Waals surface area contributed by atoms with Crippen LogP contribution in [0.25, 0.3) is 0 Å². The van der Waals surface area contributed by atoms with Gasteiger partial charge in [-0.15, -0.1) is 0 Å². The highest BCUT2D eigenvalue weighted by Gasteiger charge is 2.08. The maximum atomic E-state index is 5.74. The fraction of sp³-hybridized carbons (Fsp3) is 0.667. The van der Waals surface area contributed by atoms with Crippen molar-refractivity contribution in [3.05, 3.63) is 11.9 Å². The van der Waals surface area contributed by atoms with Crippen LogP contribution in [0.15, 0.2) is 6.07 Å². The first-order valence-electron chi connectivity index (χ1n) is 6.20. The van der Waals surface area contributed by atoms with Crippen LogP contribution in [0.1, 0.15) is 45.9 Å². The fourth-order valence-corrected chi connectivity index (χ4v) is 1.61. The van der Waals surface area contributed by atoms with E-state index in [4.69, 9.17) is 10.6 Å². The number of aryl methyl sites for hydroxylation is 1. The Hall–Kier alpha value is -1.36. The molecule has 0 amide bonds. The number of hydrogen-bond donors (Lipinski definition) is 2. The fourth-order valence-electron chi connectivity index (χ4n) is 1.61. The van der Waals surface area contributed by atoms with Crippen molar-refractivity contribution in [2.24, 2.45) is 5.84 Å². The second kappa shape index (κ2) is 7.06. The Balaban J connectivity index is 2.79. The molecule has 0 aliphatic carbocycles. The van der Waals surface area contributed by atoms with E-state index in [1.807, 2.05) is 6.92 Å². The van der Waals surface area contributed by atoms with Gasteiger partial charge in [-0.05, 0) is 19.8 Å². The standard InChI is InChI=1S/C12H22N4O/c1-4-6-9(3)17-12-8-11(16-13)14-10(15-12)7-5-2/h8-9H,4-7,13H2,1-3H3,(H,14,15,16). The molecule has 0 aromatic carbocycles. The van der Waals surface area contributed by atoms with Gasteiger partial charge in [0.05, 0.1) is 6.10 Å². The van der Waals surface area contributed by atoms with Gasteiger partial charge in [0.25, 0.3) is 0 Å². The van der Waals surface area contributed by atoms with E-state index in [2.05, 4.69) is 29.2 Å². The lowest BCUT2D eigenvalue weighted by molar-refractivity contribution is 0.200. The second-order valence-corrected chi connectivity index (χ2v) is 4.12. The summed E-state index contributed by atoms with van der Waals surface area (Å²) in [7, 11) is 0. The van der Waals surface area contributed by atoms with Crippen molar-refractivity contribution >= 4 is 5.82 Å². The lowest BCUT2D eigenvalue weighted by Gasteiger charge is -2.14. The molecule has 5 heteroatoms. The number of anilines is 1. The monoisotopic (exact) mass is 238 g/mol. The summed E-state index contributed by atoms with van der Waals surface area (Å²) < 4.78 is 5.74. The van der Waals surface area contributed by atoms with E-state index in [1.165, 1.54) is 0 Å². The van der Waals surface area contributed by atoms with Gasteiger partial charge in [0.2, 0.25) is 5.88 Å². The zero-order valence-corrected chi connectivity index (χ0v) is 10.9. The molecule has 1 rings (SSSR count). The molecule has 0 fully saturated rings. The molecule has 0 saturated carbocycles. The number of aromatic nitrogens is 2. The molecule has 0 aliphatic rings. The quantitative estimate of drug-likeness (QED) is 0.563. The molecule has 1 aromatic heterocycles. The Morgan fingerprint density at radius 3 is 2.71 bits per heavy atom. The number of hydrazine groups is 1. The number of nitrogen functional groups attached to an aromatic ring is 1. The minimum Gasteiger partial charge on any atom is -0.475 e. The largest absolute Gasteiger partial charge is 0.475 e. The van der Waals surface area contributed by atoms with Gasteiger partial charge in [0.1, 0.15) is 11.6 Å². The minimum absolute atomic E-state index is 0.162. The van der Waals surface area contributed by atoms with Crippen molar-refractivity contribution in [3.8, 4) is 5.88 Å². The first kappa shape index (κ1) is 13.7. The van der Waals surface area contributed by atoms with Crippen LogP contribution in [0.3, 0.4) is 0 Å². The summed E-state index contributed by atoms with van der Waals surface area (Å²) in [6.07, 6.45) is 4.09. The highest BCUT2D eigenvalue weighted by atomic mass is 16.5. The number of nitrogens with one attached hydrogen (secondary N) is 1.